The molecule has 0 unspecified atom stereocenters. The number of benzene rings is 1. The van der Waals surface area contributed by atoms with Crippen molar-refractivity contribution in [3.05, 3.63) is 22.3 Å². The van der Waals surface area contributed by atoms with Crippen LogP contribution in [0.15, 0.2) is 16.7 Å². The average molecular weight is 324 g/mol. The molecular weight excluding hydrogens is 310 g/mol. The topological polar surface area (TPSA) is 73.2 Å². The molecular formula is C13H14BrN3O2. The molecule has 0 saturated heterocycles. The first kappa shape index (κ1) is 12.3. The highest BCUT2D eigenvalue weighted by Gasteiger charge is 2.23. The van der Waals surface area contributed by atoms with Gasteiger partial charge < -0.3 is 15.2 Å². The molecule has 1 aliphatic rings. The number of ether oxygens (including phenoxy) is 2. The van der Waals surface area contributed by atoms with E-state index in [1.165, 1.54) is 0 Å². The molecule has 1 aliphatic heterocycles. The maximum Gasteiger partial charge on any atom is 0.175 e. The second-order valence-corrected chi connectivity index (χ2v) is 5.14. The van der Waals surface area contributed by atoms with Gasteiger partial charge in [-0.3, -0.25) is 5.10 Å². The van der Waals surface area contributed by atoms with Crippen LogP contribution in [0.3, 0.4) is 0 Å². The van der Waals surface area contributed by atoms with Gasteiger partial charge in [-0.2, -0.15) is 5.10 Å². The van der Waals surface area contributed by atoms with Gasteiger partial charge in [0.1, 0.15) is 19.0 Å². The summed E-state index contributed by atoms with van der Waals surface area (Å²) < 4.78 is 12.3. The van der Waals surface area contributed by atoms with Gasteiger partial charge in [0, 0.05) is 11.1 Å². The van der Waals surface area contributed by atoms with Crippen molar-refractivity contribution < 1.29 is 9.47 Å². The quantitative estimate of drug-likeness (QED) is 0.891. The van der Waals surface area contributed by atoms with E-state index >= 15 is 0 Å². The van der Waals surface area contributed by atoms with E-state index < -0.39 is 0 Å². The minimum atomic E-state index is 0.554. The molecule has 5 nitrogen and oxygen atoms in total. The van der Waals surface area contributed by atoms with Crippen LogP contribution in [0.5, 0.6) is 11.5 Å². The van der Waals surface area contributed by atoms with E-state index in [1.54, 1.807) is 6.20 Å². The number of nitrogens with two attached hydrogens (primary N) is 1. The predicted octanol–water partition coefficient (Wildman–Crippen LogP) is 2.76. The lowest BCUT2D eigenvalue weighted by molar-refractivity contribution is 0.169. The van der Waals surface area contributed by atoms with Crippen molar-refractivity contribution in [1.82, 2.24) is 10.2 Å². The van der Waals surface area contributed by atoms with Gasteiger partial charge in [0.15, 0.2) is 11.5 Å². The molecule has 1 aromatic heterocycles. The van der Waals surface area contributed by atoms with Gasteiger partial charge in [-0.05, 0) is 34.0 Å². The number of aromatic nitrogens is 2. The second kappa shape index (κ2) is 4.77. The zero-order valence-electron chi connectivity index (χ0n) is 10.5. The minimum absolute atomic E-state index is 0.554. The molecule has 2 heterocycles. The summed E-state index contributed by atoms with van der Waals surface area (Å²) in [4.78, 5) is 0. The molecule has 0 bridgehead atoms. The van der Waals surface area contributed by atoms with Crippen molar-refractivity contribution in [3.8, 4) is 22.6 Å². The summed E-state index contributed by atoms with van der Waals surface area (Å²) in [6.07, 6.45) is 2.56. The highest BCUT2D eigenvalue weighted by atomic mass is 79.9. The molecule has 1 aromatic carbocycles. The summed E-state index contributed by atoms with van der Waals surface area (Å²) in [5.74, 6) is 2.13. The Hall–Kier alpha value is -1.69. The van der Waals surface area contributed by atoms with E-state index in [2.05, 4.69) is 33.1 Å². The summed E-state index contributed by atoms with van der Waals surface area (Å²) in [6, 6.07) is 2.01. The van der Waals surface area contributed by atoms with Crippen LogP contribution in [-0.2, 0) is 6.42 Å². The second-order valence-electron chi connectivity index (χ2n) is 4.29. The summed E-state index contributed by atoms with van der Waals surface area (Å²) in [7, 11) is 0. The Kier molecular flexibility index (Phi) is 3.10. The van der Waals surface area contributed by atoms with E-state index in [-0.39, 0.29) is 0 Å². The van der Waals surface area contributed by atoms with Crippen LogP contribution in [0.25, 0.3) is 11.1 Å². The maximum absolute atomic E-state index is 5.92. The highest BCUT2D eigenvalue weighted by Crippen LogP contribution is 2.46. The molecule has 3 N–H and O–H groups in total. The Morgan fingerprint density at radius 3 is 2.68 bits per heavy atom. The third-order valence-corrected chi connectivity index (χ3v) is 3.77. The number of nitrogens with one attached hydrogen (secondary N) is 1. The summed E-state index contributed by atoms with van der Waals surface area (Å²) in [5, 5.41) is 6.74. The van der Waals surface area contributed by atoms with Crippen molar-refractivity contribution in [2.45, 2.75) is 13.3 Å². The molecule has 6 heteroatoms. The number of H-pyrrole nitrogens is 1. The lowest BCUT2D eigenvalue weighted by atomic mass is 9.98. The fourth-order valence-corrected chi connectivity index (χ4v) is 2.85. The molecule has 2 aromatic rings. The molecule has 0 radical (unpaired) electrons. The van der Waals surface area contributed by atoms with Crippen LogP contribution < -0.4 is 15.2 Å². The maximum atomic E-state index is 5.92. The predicted molar refractivity (Wildman–Crippen MR) is 76.5 cm³/mol. The Morgan fingerprint density at radius 1 is 1.32 bits per heavy atom. The number of halogens is 1. The number of nitrogen functional groups attached to an aromatic ring is 1. The highest BCUT2D eigenvalue weighted by molar-refractivity contribution is 9.10. The van der Waals surface area contributed by atoms with Crippen LogP contribution in [0.4, 0.5) is 5.82 Å². The standard InChI is InChI=1S/C13H14BrN3O2/c1-2-7-8(9-6-16-17-13(9)15)5-10(14)12-11(7)18-3-4-19-12/h5-6H,2-4H2,1H3,(H3,15,16,17). The van der Waals surface area contributed by atoms with Gasteiger partial charge >= 0.3 is 0 Å². The molecule has 0 saturated carbocycles. The van der Waals surface area contributed by atoms with Crippen LogP contribution in [0.2, 0.25) is 0 Å². The van der Waals surface area contributed by atoms with E-state index in [4.69, 9.17) is 15.2 Å². The van der Waals surface area contributed by atoms with Gasteiger partial charge in [-0.15, -0.1) is 0 Å². The largest absolute Gasteiger partial charge is 0.486 e. The normalized spacial score (nSPS) is 13.6. The molecule has 3 rings (SSSR count). The summed E-state index contributed by atoms with van der Waals surface area (Å²) in [5.41, 5.74) is 8.91. The molecule has 0 aliphatic carbocycles. The number of anilines is 1. The average Bonchev–Trinajstić information content (AvgIpc) is 2.85. The zero-order chi connectivity index (χ0) is 13.4. The third-order valence-electron chi connectivity index (χ3n) is 3.18. The van der Waals surface area contributed by atoms with Crippen molar-refractivity contribution in [2.75, 3.05) is 18.9 Å². The lowest BCUT2D eigenvalue weighted by Gasteiger charge is -2.24. The number of rotatable bonds is 2. The van der Waals surface area contributed by atoms with Gasteiger partial charge in [0.25, 0.3) is 0 Å². The smallest absolute Gasteiger partial charge is 0.175 e. The van der Waals surface area contributed by atoms with E-state index in [0.29, 0.717) is 19.0 Å². The first-order valence-corrected chi connectivity index (χ1v) is 6.91. The molecule has 0 atom stereocenters. The first-order valence-electron chi connectivity index (χ1n) is 6.12. The Labute approximate surface area is 119 Å². The van der Waals surface area contributed by atoms with Gasteiger partial charge in [0.2, 0.25) is 0 Å². The molecule has 100 valence electrons. The zero-order valence-corrected chi connectivity index (χ0v) is 12.1. The molecule has 0 spiro atoms. The van der Waals surface area contributed by atoms with Gasteiger partial charge in [-0.1, -0.05) is 6.92 Å². The third kappa shape index (κ3) is 1.96. The van der Waals surface area contributed by atoms with Crippen molar-refractivity contribution in [1.29, 1.82) is 0 Å². The lowest BCUT2D eigenvalue weighted by Crippen LogP contribution is -2.17. The van der Waals surface area contributed by atoms with Crippen molar-refractivity contribution in [2.24, 2.45) is 0 Å². The van der Waals surface area contributed by atoms with Gasteiger partial charge in [-0.25, -0.2) is 0 Å². The first-order chi connectivity index (χ1) is 9.22. The molecule has 19 heavy (non-hydrogen) atoms. The van der Waals surface area contributed by atoms with E-state index in [1.807, 2.05) is 6.07 Å². The fraction of sp³-hybridized carbons (Fsp3) is 0.308. The van der Waals surface area contributed by atoms with Crippen LogP contribution in [0.1, 0.15) is 12.5 Å². The van der Waals surface area contributed by atoms with E-state index in [9.17, 15) is 0 Å². The number of aromatic amines is 1. The van der Waals surface area contributed by atoms with Crippen molar-refractivity contribution >= 4 is 21.7 Å². The summed E-state index contributed by atoms with van der Waals surface area (Å²) >= 11 is 3.53. The summed E-state index contributed by atoms with van der Waals surface area (Å²) in [6.45, 7) is 3.22. The number of hydrogen-bond donors (Lipinski definition) is 2. The number of nitrogens with zero attached hydrogens (tertiary/aromatic N) is 1. The van der Waals surface area contributed by atoms with Crippen LogP contribution >= 0.6 is 15.9 Å². The number of fused-ring (bicyclic) bond motifs is 1. The monoisotopic (exact) mass is 323 g/mol. The van der Waals surface area contributed by atoms with Crippen molar-refractivity contribution in [3.63, 3.8) is 0 Å². The van der Waals surface area contributed by atoms with Crippen LogP contribution in [0, 0.1) is 0 Å². The Balaban J connectivity index is 2.26. The van der Waals surface area contributed by atoms with Crippen LogP contribution in [-0.4, -0.2) is 23.4 Å². The Morgan fingerprint density at radius 2 is 2.05 bits per heavy atom. The number of hydrogen-bond acceptors (Lipinski definition) is 4. The Bertz CT molecular complexity index is 625. The van der Waals surface area contributed by atoms with Gasteiger partial charge in [0.05, 0.1) is 10.7 Å². The van der Waals surface area contributed by atoms with E-state index in [0.717, 1.165) is 39.1 Å². The molecule has 0 fully saturated rings. The SMILES string of the molecule is CCc1c(-c2cn[nH]c2N)cc(Br)c2c1OCCO2. The fourth-order valence-electron chi connectivity index (χ4n) is 2.32. The minimum Gasteiger partial charge on any atom is -0.486 e. The molecule has 0 amide bonds.